The van der Waals surface area contributed by atoms with Gasteiger partial charge >= 0.3 is 0 Å². The van der Waals surface area contributed by atoms with Crippen molar-refractivity contribution in [2.75, 3.05) is 32.8 Å². The van der Waals surface area contributed by atoms with Gasteiger partial charge < -0.3 is 14.6 Å². The van der Waals surface area contributed by atoms with Gasteiger partial charge in [-0.2, -0.15) is 0 Å². The molecule has 1 saturated heterocycles. The average molecular weight is 386 g/mol. The molecular formula is C20H26N4O4. The number of nitrogens with one attached hydrogen (secondary N) is 2. The number of nitrogens with zero attached hydrogens (tertiary/aromatic N) is 2. The first-order chi connectivity index (χ1) is 13.4. The van der Waals surface area contributed by atoms with Crippen LogP contribution in [0.3, 0.4) is 0 Å². The van der Waals surface area contributed by atoms with Gasteiger partial charge in [0.05, 0.1) is 13.2 Å². The van der Waals surface area contributed by atoms with E-state index in [1.807, 2.05) is 25.8 Å². The average Bonchev–Trinajstić information content (AvgIpc) is 3.11. The second-order valence-electron chi connectivity index (χ2n) is 6.99. The van der Waals surface area contributed by atoms with Gasteiger partial charge in [0.25, 0.3) is 5.91 Å². The molecule has 3 rings (SSSR count). The maximum Gasteiger partial charge on any atom is 0.273 e. The molecule has 2 N–H and O–H groups in total. The second kappa shape index (κ2) is 8.99. The lowest BCUT2D eigenvalue weighted by atomic mass is 9.98. The topological polar surface area (TPSA) is 96.7 Å². The first-order valence-corrected chi connectivity index (χ1v) is 9.39. The molecule has 0 aliphatic carbocycles. The summed E-state index contributed by atoms with van der Waals surface area (Å²) in [6.07, 6.45) is 0.185. The summed E-state index contributed by atoms with van der Waals surface area (Å²) in [6, 6.07) is 5.77. The van der Waals surface area contributed by atoms with E-state index in [0.717, 1.165) is 16.7 Å². The number of hydrogen-bond acceptors (Lipinski definition) is 6. The number of ether oxygens (including phenoxy) is 1. The third kappa shape index (κ3) is 4.96. The number of morpholine rings is 1. The van der Waals surface area contributed by atoms with Crippen molar-refractivity contribution in [3.05, 3.63) is 40.6 Å². The Morgan fingerprint density at radius 1 is 1.11 bits per heavy atom. The SMILES string of the molecule is Cc1cc(C)c(-c2cc(C(=O)NCCC(=O)NN3CCOCC3)no2)c(C)c1. The molecule has 1 fully saturated rings. The number of aromatic nitrogens is 1. The number of hydrazine groups is 1. The molecule has 0 unspecified atom stereocenters. The lowest BCUT2D eigenvalue weighted by Crippen LogP contribution is -2.48. The smallest absolute Gasteiger partial charge is 0.273 e. The highest BCUT2D eigenvalue weighted by Gasteiger charge is 2.17. The molecule has 1 aromatic heterocycles. The predicted molar refractivity (Wildman–Crippen MR) is 104 cm³/mol. The van der Waals surface area contributed by atoms with Gasteiger partial charge in [-0.25, -0.2) is 5.01 Å². The zero-order valence-corrected chi connectivity index (χ0v) is 16.5. The fourth-order valence-corrected chi connectivity index (χ4v) is 3.36. The molecule has 2 amide bonds. The zero-order chi connectivity index (χ0) is 20.1. The van der Waals surface area contributed by atoms with Crippen molar-refractivity contribution in [3.63, 3.8) is 0 Å². The highest BCUT2D eigenvalue weighted by atomic mass is 16.5. The number of rotatable bonds is 6. The molecule has 8 nitrogen and oxygen atoms in total. The minimum Gasteiger partial charge on any atom is -0.379 e. The Labute approximate surface area is 164 Å². The molecule has 2 aromatic rings. The summed E-state index contributed by atoms with van der Waals surface area (Å²) in [4.78, 5) is 24.2. The maximum absolute atomic E-state index is 12.3. The van der Waals surface area contributed by atoms with E-state index in [0.29, 0.717) is 32.1 Å². The molecular weight excluding hydrogens is 360 g/mol. The fraction of sp³-hybridized carbons (Fsp3) is 0.450. The third-order valence-electron chi connectivity index (χ3n) is 4.60. The van der Waals surface area contributed by atoms with Crippen LogP contribution in [0.2, 0.25) is 0 Å². The Hall–Kier alpha value is -2.71. The van der Waals surface area contributed by atoms with Crippen LogP contribution in [0.5, 0.6) is 0 Å². The predicted octanol–water partition coefficient (Wildman–Crippen LogP) is 1.75. The molecule has 1 aliphatic rings. The van der Waals surface area contributed by atoms with Crippen molar-refractivity contribution in [1.82, 2.24) is 20.9 Å². The van der Waals surface area contributed by atoms with Gasteiger partial charge in [-0.15, -0.1) is 0 Å². The molecule has 1 aromatic carbocycles. The second-order valence-corrected chi connectivity index (χ2v) is 6.99. The van der Waals surface area contributed by atoms with Crippen molar-refractivity contribution in [2.24, 2.45) is 0 Å². The maximum atomic E-state index is 12.3. The van der Waals surface area contributed by atoms with Gasteiger partial charge in [0.1, 0.15) is 0 Å². The Balaban J connectivity index is 1.52. The van der Waals surface area contributed by atoms with Gasteiger partial charge in [-0.05, 0) is 31.9 Å². The third-order valence-corrected chi connectivity index (χ3v) is 4.60. The van der Waals surface area contributed by atoms with Crippen molar-refractivity contribution in [1.29, 1.82) is 0 Å². The van der Waals surface area contributed by atoms with Gasteiger partial charge in [0.15, 0.2) is 11.5 Å². The van der Waals surface area contributed by atoms with Crippen LogP contribution < -0.4 is 10.7 Å². The van der Waals surface area contributed by atoms with E-state index in [4.69, 9.17) is 9.26 Å². The molecule has 0 atom stereocenters. The van der Waals surface area contributed by atoms with E-state index in [-0.39, 0.29) is 30.5 Å². The van der Waals surface area contributed by atoms with Crippen LogP contribution in [-0.2, 0) is 9.53 Å². The summed E-state index contributed by atoms with van der Waals surface area (Å²) in [7, 11) is 0. The molecule has 150 valence electrons. The molecule has 8 heteroatoms. The summed E-state index contributed by atoms with van der Waals surface area (Å²) in [5, 5.41) is 8.41. The number of benzene rings is 1. The first kappa shape index (κ1) is 20.0. The lowest BCUT2D eigenvalue weighted by molar-refractivity contribution is -0.127. The van der Waals surface area contributed by atoms with Crippen LogP contribution in [0.25, 0.3) is 11.3 Å². The normalized spacial score (nSPS) is 14.7. The van der Waals surface area contributed by atoms with Crippen LogP contribution in [0.4, 0.5) is 0 Å². The minimum absolute atomic E-state index is 0.144. The minimum atomic E-state index is -0.364. The fourth-order valence-electron chi connectivity index (χ4n) is 3.36. The summed E-state index contributed by atoms with van der Waals surface area (Å²) < 4.78 is 10.6. The van der Waals surface area contributed by atoms with E-state index < -0.39 is 0 Å². The number of amides is 2. The largest absolute Gasteiger partial charge is 0.379 e. The Kier molecular flexibility index (Phi) is 6.43. The van der Waals surface area contributed by atoms with Crippen LogP contribution >= 0.6 is 0 Å². The van der Waals surface area contributed by atoms with Crippen molar-refractivity contribution in [2.45, 2.75) is 27.2 Å². The van der Waals surface area contributed by atoms with Crippen LogP contribution in [0.15, 0.2) is 22.7 Å². The van der Waals surface area contributed by atoms with Gasteiger partial charge in [-0.3, -0.25) is 15.0 Å². The van der Waals surface area contributed by atoms with Gasteiger partial charge in [0, 0.05) is 37.7 Å². The summed E-state index contributed by atoms with van der Waals surface area (Å²) in [5.41, 5.74) is 7.26. The summed E-state index contributed by atoms with van der Waals surface area (Å²) in [6.45, 7) is 8.81. The summed E-state index contributed by atoms with van der Waals surface area (Å²) in [5.74, 6) is 0.0516. The van der Waals surface area contributed by atoms with Crippen molar-refractivity contribution < 1.29 is 18.8 Å². The molecule has 1 aliphatic heterocycles. The monoisotopic (exact) mass is 386 g/mol. The van der Waals surface area contributed by atoms with E-state index >= 15 is 0 Å². The van der Waals surface area contributed by atoms with Gasteiger partial charge in [-0.1, -0.05) is 22.9 Å². The van der Waals surface area contributed by atoms with Crippen LogP contribution in [-0.4, -0.2) is 54.8 Å². The highest BCUT2D eigenvalue weighted by molar-refractivity contribution is 5.93. The zero-order valence-electron chi connectivity index (χ0n) is 16.5. The van der Waals surface area contributed by atoms with Crippen molar-refractivity contribution >= 4 is 11.8 Å². The number of hydrogen-bond donors (Lipinski definition) is 2. The van der Waals surface area contributed by atoms with E-state index in [9.17, 15) is 9.59 Å². The molecule has 0 saturated carbocycles. The molecule has 2 heterocycles. The Bertz CT molecular complexity index is 833. The van der Waals surface area contributed by atoms with E-state index in [1.54, 1.807) is 6.07 Å². The Morgan fingerprint density at radius 3 is 2.46 bits per heavy atom. The lowest BCUT2D eigenvalue weighted by Gasteiger charge is -2.26. The quantitative estimate of drug-likeness (QED) is 0.785. The Morgan fingerprint density at radius 2 is 1.79 bits per heavy atom. The molecule has 28 heavy (non-hydrogen) atoms. The van der Waals surface area contributed by atoms with Gasteiger partial charge in [0.2, 0.25) is 5.91 Å². The number of carbonyl (C=O) groups excluding carboxylic acids is 2. The summed E-state index contributed by atoms with van der Waals surface area (Å²) >= 11 is 0. The van der Waals surface area contributed by atoms with E-state index in [1.165, 1.54) is 5.56 Å². The van der Waals surface area contributed by atoms with Crippen LogP contribution in [0.1, 0.15) is 33.6 Å². The van der Waals surface area contributed by atoms with E-state index in [2.05, 4.69) is 28.0 Å². The molecule has 0 bridgehead atoms. The van der Waals surface area contributed by atoms with Crippen LogP contribution in [0, 0.1) is 20.8 Å². The molecule has 0 radical (unpaired) electrons. The van der Waals surface area contributed by atoms with Crippen molar-refractivity contribution in [3.8, 4) is 11.3 Å². The number of carbonyl (C=O) groups is 2. The standard InChI is InChI=1S/C20H26N4O4/c1-13-10-14(2)19(15(3)11-13)17-12-16(23-28-17)20(26)21-5-4-18(25)22-24-6-8-27-9-7-24/h10-12H,4-9H2,1-3H3,(H,21,26)(H,22,25). The first-order valence-electron chi connectivity index (χ1n) is 9.39. The molecule has 0 spiro atoms. The number of aryl methyl sites for hydroxylation is 3. The highest BCUT2D eigenvalue weighted by Crippen LogP contribution is 2.28.